The quantitative estimate of drug-likeness (QED) is 0.481. The lowest BCUT2D eigenvalue weighted by atomic mass is 9.94. The van der Waals surface area contributed by atoms with Crippen molar-refractivity contribution < 1.29 is 19.4 Å². The monoisotopic (exact) mass is 266 g/mol. The normalized spacial score (nSPS) is 28.6. The molecule has 6 heteroatoms. The average molecular weight is 267 g/mol. The highest BCUT2D eigenvalue weighted by Crippen LogP contribution is 2.50. The minimum absolute atomic E-state index is 0.0509. The second-order valence-electron chi connectivity index (χ2n) is 3.31. The molecule has 0 saturated heterocycles. The van der Waals surface area contributed by atoms with Gasteiger partial charge in [-0.1, -0.05) is 17.7 Å². The molecule has 0 fully saturated rings. The molecule has 0 amide bonds. The summed E-state index contributed by atoms with van der Waals surface area (Å²) in [5.74, 6) is -2.92. The molecular weight excluding hydrogens is 255 g/mol. The molecule has 16 heavy (non-hydrogen) atoms. The van der Waals surface area contributed by atoms with Gasteiger partial charge >= 0.3 is 0 Å². The molecule has 0 saturated carbocycles. The maximum Gasteiger partial charge on any atom is 0.256 e. The molecule has 1 rings (SSSR count). The van der Waals surface area contributed by atoms with Gasteiger partial charge in [-0.25, -0.2) is 0 Å². The zero-order valence-electron chi connectivity index (χ0n) is 8.92. The van der Waals surface area contributed by atoms with E-state index in [0.29, 0.717) is 0 Å². The Bertz CT molecular complexity index is 360. The van der Waals surface area contributed by atoms with Gasteiger partial charge in [0.15, 0.2) is 10.6 Å². The number of rotatable bonds is 4. The van der Waals surface area contributed by atoms with Crippen LogP contribution in [0.15, 0.2) is 23.4 Å². The van der Waals surface area contributed by atoms with Crippen molar-refractivity contribution in [2.24, 2.45) is 0 Å². The fourth-order valence-electron chi connectivity index (χ4n) is 1.79. The number of alkyl halides is 1. The van der Waals surface area contributed by atoms with Crippen molar-refractivity contribution in [3.8, 4) is 0 Å². The topological polar surface area (TPSA) is 55.8 Å². The van der Waals surface area contributed by atoms with Gasteiger partial charge in [0.25, 0.3) is 5.79 Å². The van der Waals surface area contributed by atoms with E-state index in [-0.39, 0.29) is 11.5 Å². The lowest BCUT2D eigenvalue weighted by Gasteiger charge is -2.37. The predicted octanol–water partition coefficient (Wildman–Crippen LogP) is 2.12. The molecule has 0 bridgehead atoms. The number of ketones is 1. The molecule has 1 N–H and O–H groups in total. The van der Waals surface area contributed by atoms with Crippen molar-refractivity contribution in [2.75, 3.05) is 14.2 Å². The van der Waals surface area contributed by atoms with Gasteiger partial charge in [-0.05, 0) is 6.42 Å². The van der Waals surface area contributed by atoms with Crippen LogP contribution in [-0.4, -0.2) is 35.8 Å². The van der Waals surface area contributed by atoms with E-state index in [1.54, 1.807) is 0 Å². The Labute approximate surface area is 103 Å². The van der Waals surface area contributed by atoms with Gasteiger partial charge in [-0.2, -0.15) is 0 Å². The molecule has 1 aliphatic rings. The van der Waals surface area contributed by atoms with Crippen molar-refractivity contribution in [3.63, 3.8) is 0 Å². The van der Waals surface area contributed by atoms with Gasteiger partial charge in [-0.3, -0.25) is 4.79 Å². The third kappa shape index (κ3) is 1.41. The van der Waals surface area contributed by atoms with E-state index in [0.717, 1.165) is 0 Å². The van der Waals surface area contributed by atoms with E-state index in [2.05, 4.69) is 6.58 Å². The number of ether oxygens (including phenoxy) is 2. The maximum absolute atomic E-state index is 11.9. The van der Waals surface area contributed by atoms with Crippen LogP contribution >= 0.6 is 23.2 Å². The molecule has 4 nitrogen and oxygen atoms in total. The summed E-state index contributed by atoms with van der Waals surface area (Å²) in [4.78, 5) is 10.2. The summed E-state index contributed by atoms with van der Waals surface area (Å²) >= 11 is 11.9. The number of hydrogen-bond donors (Lipinski definition) is 1. The zero-order valence-corrected chi connectivity index (χ0v) is 10.4. The van der Waals surface area contributed by atoms with Gasteiger partial charge in [0, 0.05) is 14.2 Å². The smallest absolute Gasteiger partial charge is 0.256 e. The van der Waals surface area contributed by atoms with Crippen LogP contribution in [0, 0.1) is 0 Å². The molecule has 1 aliphatic carbocycles. The summed E-state index contributed by atoms with van der Waals surface area (Å²) in [6.45, 7) is 3.50. The van der Waals surface area contributed by atoms with Crippen molar-refractivity contribution in [3.05, 3.63) is 23.4 Å². The van der Waals surface area contributed by atoms with Crippen molar-refractivity contribution in [1.29, 1.82) is 0 Å². The van der Waals surface area contributed by atoms with Gasteiger partial charge in [0.2, 0.25) is 5.78 Å². The number of methoxy groups -OCH3 is 2. The number of aliphatic hydroxyl groups excluding tert-OH is 1. The second kappa shape index (κ2) is 4.37. The molecule has 1 atom stereocenters. The second-order valence-corrected chi connectivity index (χ2v) is 4.33. The minimum atomic E-state index is -1.77. The van der Waals surface area contributed by atoms with E-state index >= 15 is 0 Å². The number of Topliss-reactive ketones (excluding diaryl/α,β-unsaturated/α-hetero) is 1. The highest BCUT2D eigenvalue weighted by Gasteiger charge is 2.66. The Morgan fingerprint density at radius 2 is 2.00 bits per heavy atom. The van der Waals surface area contributed by atoms with Gasteiger partial charge in [0.05, 0.1) is 0 Å². The largest absolute Gasteiger partial charge is 0.506 e. The van der Waals surface area contributed by atoms with Gasteiger partial charge in [-0.15, -0.1) is 18.2 Å². The van der Waals surface area contributed by atoms with E-state index in [1.165, 1.54) is 20.3 Å². The maximum atomic E-state index is 11.9. The molecule has 90 valence electrons. The number of halogens is 2. The SMILES string of the molecule is C=CC[C@@]1(Cl)C(=O)C(Cl)=C(O)C1(OC)OC. The lowest BCUT2D eigenvalue weighted by molar-refractivity contribution is -0.211. The van der Waals surface area contributed by atoms with Crippen molar-refractivity contribution in [2.45, 2.75) is 17.1 Å². The first-order chi connectivity index (χ1) is 7.41. The predicted molar refractivity (Wildman–Crippen MR) is 60.7 cm³/mol. The summed E-state index contributed by atoms with van der Waals surface area (Å²) in [7, 11) is 2.53. The summed E-state index contributed by atoms with van der Waals surface area (Å²) < 4.78 is 10.1. The first-order valence-electron chi connectivity index (χ1n) is 4.45. The van der Waals surface area contributed by atoms with Crippen LogP contribution < -0.4 is 0 Å². The Morgan fingerprint density at radius 1 is 1.50 bits per heavy atom. The summed E-state index contributed by atoms with van der Waals surface area (Å²) in [5.41, 5.74) is 0. The lowest BCUT2D eigenvalue weighted by Crippen LogP contribution is -2.54. The number of aliphatic hydroxyl groups is 1. The zero-order chi connectivity index (χ0) is 12.6. The van der Waals surface area contributed by atoms with Crippen LogP contribution in [-0.2, 0) is 14.3 Å². The van der Waals surface area contributed by atoms with E-state index in [9.17, 15) is 9.90 Å². The highest BCUT2D eigenvalue weighted by atomic mass is 35.5. The molecular formula is C10H12Cl2O4. The van der Waals surface area contributed by atoms with Crippen LogP contribution in [0.1, 0.15) is 6.42 Å². The fraction of sp³-hybridized carbons (Fsp3) is 0.500. The van der Waals surface area contributed by atoms with E-state index in [4.69, 9.17) is 32.7 Å². The van der Waals surface area contributed by atoms with Crippen LogP contribution in [0.25, 0.3) is 0 Å². The molecule has 0 aromatic heterocycles. The molecule has 0 heterocycles. The van der Waals surface area contributed by atoms with Gasteiger partial charge < -0.3 is 14.6 Å². The van der Waals surface area contributed by atoms with Crippen LogP contribution in [0.4, 0.5) is 0 Å². The van der Waals surface area contributed by atoms with Crippen LogP contribution in [0.2, 0.25) is 0 Å². The first-order valence-corrected chi connectivity index (χ1v) is 5.21. The summed E-state index contributed by atoms with van der Waals surface area (Å²) in [6, 6.07) is 0. The Hall–Kier alpha value is -0.550. The van der Waals surface area contributed by atoms with Gasteiger partial charge in [0.1, 0.15) is 5.03 Å². The third-order valence-corrected chi connectivity index (χ3v) is 3.53. The molecule has 0 spiro atoms. The molecule has 0 aromatic carbocycles. The standard InChI is InChI=1S/C10H12Cl2O4/c1-4-5-9(12)7(13)6(11)8(14)10(9,15-2)16-3/h4,14H,1,5H2,2-3H3/t9-/m1/s1. The van der Waals surface area contributed by atoms with Crippen molar-refractivity contribution >= 4 is 29.0 Å². The molecule has 0 unspecified atom stereocenters. The Kier molecular flexibility index (Phi) is 3.69. The molecule has 0 aromatic rings. The van der Waals surface area contributed by atoms with Crippen LogP contribution in [0.5, 0.6) is 0 Å². The van der Waals surface area contributed by atoms with E-state index in [1.807, 2.05) is 0 Å². The summed E-state index contributed by atoms with van der Waals surface area (Å²) in [5, 5.41) is 9.42. The number of hydrogen-bond acceptors (Lipinski definition) is 4. The highest BCUT2D eigenvalue weighted by molar-refractivity contribution is 6.52. The third-order valence-electron chi connectivity index (χ3n) is 2.60. The van der Waals surface area contributed by atoms with Crippen LogP contribution in [0.3, 0.4) is 0 Å². The number of carbonyl (C=O) groups excluding carboxylic acids is 1. The average Bonchev–Trinajstić information content (AvgIpc) is 2.41. The Morgan fingerprint density at radius 3 is 2.38 bits per heavy atom. The number of allylic oxidation sites excluding steroid dienone is 2. The Balaban J connectivity index is 3.40. The van der Waals surface area contributed by atoms with Crippen molar-refractivity contribution in [1.82, 2.24) is 0 Å². The first kappa shape index (κ1) is 13.5. The summed E-state index contributed by atoms with van der Waals surface area (Å²) in [6.07, 6.45) is 1.48. The molecule has 0 radical (unpaired) electrons. The number of carbonyl (C=O) groups is 1. The molecule has 0 aliphatic heterocycles. The fourth-order valence-corrected chi connectivity index (χ4v) is 2.57. The minimum Gasteiger partial charge on any atom is -0.506 e. The van der Waals surface area contributed by atoms with E-state index < -0.39 is 22.2 Å².